The number of nitrogens with zero attached hydrogens (tertiary/aromatic N) is 3. The van der Waals surface area contributed by atoms with Gasteiger partial charge in [0.05, 0.1) is 12.1 Å². The molecule has 0 saturated carbocycles. The summed E-state index contributed by atoms with van der Waals surface area (Å²) < 4.78 is 18.8. The van der Waals surface area contributed by atoms with Gasteiger partial charge in [-0.05, 0) is 48.9 Å². The van der Waals surface area contributed by atoms with Crippen LogP contribution in [0.5, 0.6) is 17.2 Å². The molecule has 0 fully saturated rings. The smallest absolute Gasteiger partial charge is 0.158 e. The SMILES string of the molecule is COCCOc1cccc(Oc2ccc(Nc3ncnc4ccn(CCN)c34)cc2C)c1.Cl.Cl. The number of aryl methyl sites for hydroxylation is 1. The van der Waals surface area contributed by atoms with Gasteiger partial charge in [0.15, 0.2) is 5.82 Å². The summed E-state index contributed by atoms with van der Waals surface area (Å²) in [6, 6.07) is 15.5. The summed E-state index contributed by atoms with van der Waals surface area (Å²) >= 11 is 0. The van der Waals surface area contributed by atoms with E-state index in [0.717, 1.165) is 39.6 Å². The molecule has 0 spiro atoms. The van der Waals surface area contributed by atoms with Crippen LogP contribution in [0.15, 0.2) is 61.1 Å². The molecule has 0 bridgehead atoms. The molecule has 0 aliphatic carbocycles. The van der Waals surface area contributed by atoms with Gasteiger partial charge in [0.1, 0.15) is 35.7 Å². The lowest BCUT2D eigenvalue weighted by molar-refractivity contribution is 0.146. The molecule has 0 unspecified atom stereocenters. The van der Waals surface area contributed by atoms with E-state index in [2.05, 4.69) is 19.9 Å². The molecule has 2 aromatic carbocycles. The first-order valence-electron chi connectivity index (χ1n) is 10.4. The minimum Gasteiger partial charge on any atom is -0.491 e. The lowest BCUT2D eigenvalue weighted by Gasteiger charge is -2.13. The maximum atomic E-state index is 6.09. The van der Waals surface area contributed by atoms with Gasteiger partial charge in [-0.1, -0.05) is 6.07 Å². The molecule has 2 aromatic heterocycles. The fourth-order valence-electron chi connectivity index (χ4n) is 3.43. The summed E-state index contributed by atoms with van der Waals surface area (Å²) in [5.74, 6) is 2.95. The van der Waals surface area contributed by atoms with E-state index in [0.29, 0.717) is 32.1 Å². The lowest BCUT2D eigenvalue weighted by Crippen LogP contribution is -2.10. The molecule has 8 nitrogen and oxygen atoms in total. The van der Waals surface area contributed by atoms with Crippen LogP contribution in [0.3, 0.4) is 0 Å². The number of nitrogens with two attached hydrogens (primary N) is 1. The van der Waals surface area contributed by atoms with Crippen LogP contribution in [0, 0.1) is 6.92 Å². The van der Waals surface area contributed by atoms with Crippen molar-refractivity contribution in [1.29, 1.82) is 0 Å². The molecule has 4 aromatic rings. The number of rotatable bonds is 10. The molecule has 3 N–H and O–H groups in total. The van der Waals surface area contributed by atoms with Gasteiger partial charge in [0.2, 0.25) is 0 Å². The number of nitrogens with one attached hydrogen (secondary N) is 1. The second-order valence-corrected chi connectivity index (χ2v) is 7.28. The van der Waals surface area contributed by atoms with E-state index in [1.54, 1.807) is 13.4 Å². The first-order chi connectivity index (χ1) is 15.7. The van der Waals surface area contributed by atoms with Crippen molar-refractivity contribution in [3.63, 3.8) is 0 Å². The Labute approximate surface area is 211 Å². The first-order valence-corrected chi connectivity index (χ1v) is 10.4. The van der Waals surface area contributed by atoms with Crippen molar-refractivity contribution < 1.29 is 14.2 Å². The number of anilines is 2. The molecule has 4 rings (SSSR count). The Hall–Kier alpha value is -3.04. The second kappa shape index (κ2) is 13.0. The van der Waals surface area contributed by atoms with Crippen LogP contribution in [0.4, 0.5) is 11.5 Å². The Morgan fingerprint density at radius 1 is 1.00 bits per heavy atom. The largest absolute Gasteiger partial charge is 0.491 e. The van der Waals surface area contributed by atoms with Crippen LogP contribution < -0.4 is 20.5 Å². The number of ether oxygens (including phenoxy) is 3. The van der Waals surface area contributed by atoms with Crippen LogP contribution in [-0.2, 0) is 11.3 Å². The lowest BCUT2D eigenvalue weighted by atomic mass is 10.2. The van der Waals surface area contributed by atoms with Gasteiger partial charge in [0.25, 0.3) is 0 Å². The van der Waals surface area contributed by atoms with Crippen molar-refractivity contribution in [1.82, 2.24) is 14.5 Å². The highest BCUT2D eigenvalue weighted by atomic mass is 35.5. The Morgan fingerprint density at radius 2 is 1.82 bits per heavy atom. The average molecular weight is 506 g/mol. The number of aromatic nitrogens is 3. The topological polar surface area (TPSA) is 96.5 Å². The number of hydrogen-bond acceptors (Lipinski definition) is 7. The van der Waals surface area contributed by atoms with Crippen molar-refractivity contribution in [3.05, 3.63) is 66.6 Å². The Morgan fingerprint density at radius 3 is 2.59 bits per heavy atom. The Balaban J connectivity index is 0.00000204. The average Bonchev–Trinajstić information content (AvgIpc) is 3.20. The highest BCUT2D eigenvalue weighted by molar-refractivity contribution is 5.88. The Kier molecular flexibility index (Phi) is 10.4. The summed E-state index contributed by atoms with van der Waals surface area (Å²) in [6.07, 6.45) is 3.54. The molecule has 10 heteroatoms. The molecule has 0 aliphatic heterocycles. The van der Waals surface area contributed by atoms with E-state index in [9.17, 15) is 0 Å². The molecule has 0 aliphatic rings. The molecule has 0 atom stereocenters. The third kappa shape index (κ3) is 6.51. The highest BCUT2D eigenvalue weighted by Crippen LogP contribution is 2.31. The molecular weight excluding hydrogens is 477 g/mol. The van der Waals surface area contributed by atoms with Crippen molar-refractivity contribution in [2.75, 3.05) is 32.2 Å². The molecule has 2 heterocycles. The summed E-state index contributed by atoms with van der Waals surface area (Å²) in [5.41, 5.74) is 9.45. The summed E-state index contributed by atoms with van der Waals surface area (Å²) in [4.78, 5) is 8.78. The van der Waals surface area contributed by atoms with Gasteiger partial charge in [0, 0.05) is 38.1 Å². The molecule has 182 valence electrons. The standard InChI is InChI=1S/C24H27N5O3.2ClH/c1-17-14-18(28-24-23-21(26-16-27-24)8-10-29(23)11-9-25)6-7-22(17)32-20-5-3-4-19(15-20)31-13-12-30-2;;/h3-8,10,14-16H,9,11-13,25H2,1-2H3,(H,26,27,28);2*1H. The van der Waals surface area contributed by atoms with Crippen LogP contribution in [-0.4, -0.2) is 41.4 Å². The zero-order valence-corrected chi connectivity index (χ0v) is 20.7. The van der Waals surface area contributed by atoms with Crippen molar-refractivity contribution in [2.24, 2.45) is 5.73 Å². The Bertz CT molecular complexity index is 1200. The number of methoxy groups -OCH3 is 1. The normalized spacial score (nSPS) is 10.3. The van der Waals surface area contributed by atoms with Gasteiger partial charge < -0.3 is 29.8 Å². The zero-order chi connectivity index (χ0) is 22.3. The maximum absolute atomic E-state index is 6.09. The predicted octanol–water partition coefficient (Wildman–Crippen LogP) is 5.10. The van der Waals surface area contributed by atoms with E-state index in [1.165, 1.54) is 0 Å². The number of benzene rings is 2. The first kappa shape index (κ1) is 27.2. The fraction of sp³-hybridized carbons (Fsp3) is 0.250. The summed E-state index contributed by atoms with van der Waals surface area (Å²) in [6.45, 7) is 4.28. The molecule has 0 amide bonds. The van der Waals surface area contributed by atoms with Crippen molar-refractivity contribution in [3.8, 4) is 17.2 Å². The quantitative estimate of drug-likeness (QED) is 0.289. The van der Waals surface area contributed by atoms with E-state index >= 15 is 0 Å². The molecule has 0 saturated heterocycles. The van der Waals surface area contributed by atoms with Crippen molar-refractivity contribution in [2.45, 2.75) is 13.5 Å². The van der Waals surface area contributed by atoms with Gasteiger partial charge >= 0.3 is 0 Å². The van der Waals surface area contributed by atoms with Gasteiger partial charge in [-0.25, -0.2) is 9.97 Å². The fourth-order valence-corrected chi connectivity index (χ4v) is 3.43. The van der Waals surface area contributed by atoms with Gasteiger partial charge in [-0.3, -0.25) is 0 Å². The third-order valence-electron chi connectivity index (χ3n) is 4.95. The molecule has 0 radical (unpaired) electrons. The van der Waals surface area contributed by atoms with E-state index < -0.39 is 0 Å². The number of hydrogen-bond donors (Lipinski definition) is 2. The summed E-state index contributed by atoms with van der Waals surface area (Å²) in [5, 5.41) is 3.40. The predicted molar refractivity (Wildman–Crippen MR) is 139 cm³/mol. The molecular formula is C24H29Cl2N5O3. The van der Waals surface area contributed by atoms with Crippen molar-refractivity contribution >= 4 is 47.4 Å². The minimum absolute atomic E-state index is 0. The second-order valence-electron chi connectivity index (χ2n) is 7.28. The third-order valence-corrected chi connectivity index (χ3v) is 4.95. The number of halogens is 2. The van der Waals surface area contributed by atoms with Gasteiger partial charge in [-0.2, -0.15) is 0 Å². The highest BCUT2D eigenvalue weighted by Gasteiger charge is 2.11. The van der Waals surface area contributed by atoms with E-state index in [1.807, 2.05) is 61.7 Å². The van der Waals surface area contributed by atoms with E-state index in [-0.39, 0.29) is 24.8 Å². The zero-order valence-electron chi connectivity index (χ0n) is 19.1. The monoisotopic (exact) mass is 505 g/mol. The van der Waals surface area contributed by atoms with Crippen LogP contribution in [0.1, 0.15) is 5.56 Å². The van der Waals surface area contributed by atoms with Crippen LogP contribution in [0.2, 0.25) is 0 Å². The molecule has 34 heavy (non-hydrogen) atoms. The van der Waals surface area contributed by atoms with Crippen LogP contribution >= 0.6 is 24.8 Å². The maximum Gasteiger partial charge on any atom is 0.158 e. The van der Waals surface area contributed by atoms with Gasteiger partial charge in [-0.15, -0.1) is 24.8 Å². The minimum atomic E-state index is 0. The number of fused-ring (bicyclic) bond motifs is 1. The summed E-state index contributed by atoms with van der Waals surface area (Å²) in [7, 11) is 1.65. The van der Waals surface area contributed by atoms with E-state index in [4.69, 9.17) is 19.9 Å². The van der Waals surface area contributed by atoms with Crippen LogP contribution in [0.25, 0.3) is 11.0 Å².